The average Bonchev–Trinajstić information content (AvgIpc) is 2.35. The van der Waals surface area contributed by atoms with Gasteiger partial charge in [0.25, 0.3) is 0 Å². The molecule has 4 nitrogen and oxygen atoms in total. The number of hydrogen-bond donors (Lipinski definition) is 1. The number of ether oxygens (including phenoxy) is 1. The topological polar surface area (TPSA) is 50.8 Å². The second-order valence-corrected chi connectivity index (χ2v) is 4.48. The second kappa shape index (κ2) is 5.58. The molecule has 0 unspecified atom stereocenters. The van der Waals surface area contributed by atoms with Gasteiger partial charge in [-0.3, -0.25) is 0 Å². The molecule has 0 bridgehead atoms. The smallest absolute Gasteiger partial charge is 0.196 e. The van der Waals surface area contributed by atoms with Gasteiger partial charge in [-0.2, -0.15) is 0 Å². The van der Waals surface area contributed by atoms with Crippen molar-refractivity contribution in [3.8, 4) is 0 Å². The van der Waals surface area contributed by atoms with E-state index in [2.05, 4.69) is 4.99 Å². The third-order valence-electron chi connectivity index (χ3n) is 2.48. The molecule has 2 N–H and O–H groups in total. The van der Waals surface area contributed by atoms with E-state index in [4.69, 9.17) is 33.7 Å². The number of rotatable bonds is 1. The molecule has 1 aliphatic rings. The molecule has 0 aromatic heterocycles. The van der Waals surface area contributed by atoms with Gasteiger partial charge in [-0.05, 0) is 18.2 Å². The number of nitrogens with zero attached hydrogens (tertiary/aromatic N) is 2. The van der Waals surface area contributed by atoms with Gasteiger partial charge in [0.2, 0.25) is 0 Å². The molecule has 1 fully saturated rings. The van der Waals surface area contributed by atoms with Gasteiger partial charge in [0, 0.05) is 13.1 Å². The van der Waals surface area contributed by atoms with Gasteiger partial charge in [-0.25, -0.2) is 4.99 Å². The molecule has 2 rings (SSSR count). The Morgan fingerprint density at radius 3 is 2.59 bits per heavy atom. The van der Waals surface area contributed by atoms with Crippen molar-refractivity contribution < 1.29 is 4.74 Å². The van der Waals surface area contributed by atoms with E-state index < -0.39 is 0 Å². The van der Waals surface area contributed by atoms with E-state index in [1.807, 2.05) is 4.90 Å². The molecule has 0 amide bonds. The predicted octanol–water partition coefficient (Wildman–Crippen LogP) is 2.27. The Bertz CT molecular complexity index is 431. The molecule has 0 aliphatic carbocycles. The minimum Gasteiger partial charge on any atom is -0.378 e. The Kier molecular flexibility index (Phi) is 4.10. The Morgan fingerprint density at radius 1 is 1.24 bits per heavy atom. The normalized spacial score (nSPS) is 17.3. The van der Waals surface area contributed by atoms with E-state index in [9.17, 15) is 0 Å². The quantitative estimate of drug-likeness (QED) is 0.631. The molecular weight excluding hydrogens is 261 g/mol. The van der Waals surface area contributed by atoms with E-state index >= 15 is 0 Å². The number of nitrogens with two attached hydrogens (primary N) is 1. The van der Waals surface area contributed by atoms with Crippen LogP contribution in [0.25, 0.3) is 0 Å². The standard InChI is InChI=1S/C11H13Cl2N3O/c12-9-2-1-8(7-10(9)13)15-11(14)16-3-5-17-6-4-16/h1-2,7H,3-6H2,(H2,14,15). The van der Waals surface area contributed by atoms with Gasteiger partial charge in [0.05, 0.1) is 28.9 Å². The molecule has 1 heterocycles. The van der Waals surface area contributed by atoms with Crippen LogP contribution in [0.4, 0.5) is 5.69 Å². The zero-order valence-corrected chi connectivity index (χ0v) is 10.7. The summed E-state index contributed by atoms with van der Waals surface area (Å²) in [4.78, 5) is 6.28. The van der Waals surface area contributed by atoms with Gasteiger partial charge in [0.1, 0.15) is 0 Å². The summed E-state index contributed by atoms with van der Waals surface area (Å²) in [6.45, 7) is 2.88. The summed E-state index contributed by atoms with van der Waals surface area (Å²) in [5.41, 5.74) is 6.61. The van der Waals surface area contributed by atoms with Crippen molar-refractivity contribution in [3.05, 3.63) is 28.2 Å². The molecule has 6 heteroatoms. The predicted molar refractivity (Wildman–Crippen MR) is 70.1 cm³/mol. The molecule has 1 saturated heterocycles. The van der Waals surface area contributed by atoms with Crippen LogP contribution < -0.4 is 5.73 Å². The molecule has 1 aromatic carbocycles. The number of guanidine groups is 1. The summed E-state index contributed by atoms with van der Waals surface area (Å²) in [5, 5.41) is 0.984. The Morgan fingerprint density at radius 2 is 1.94 bits per heavy atom. The van der Waals surface area contributed by atoms with Crippen LogP contribution in [0.2, 0.25) is 10.0 Å². The first-order valence-corrected chi connectivity index (χ1v) is 6.04. The maximum atomic E-state index is 5.91. The van der Waals surface area contributed by atoms with Crippen LogP contribution >= 0.6 is 23.2 Å². The molecular formula is C11H13Cl2N3O. The van der Waals surface area contributed by atoms with Gasteiger partial charge in [0.15, 0.2) is 5.96 Å². The van der Waals surface area contributed by atoms with Crippen molar-refractivity contribution >= 4 is 34.8 Å². The lowest BCUT2D eigenvalue weighted by Crippen LogP contribution is -2.44. The Balaban J connectivity index is 2.13. The van der Waals surface area contributed by atoms with E-state index in [0.29, 0.717) is 34.9 Å². The number of hydrogen-bond acceptors (Lipinski definition) is 2. The van der Waals surface area contributed by atoms with Gasteiger partial charge >= 0.3 is 0 Å². The fourth-order valence-electron chi connectivity index (χ4n) is 1.55. The highest BCUT2D eigenvalue weighted by Crippen LogP contribution is 2.26. The lowest BCUT2D eigenvalue weighted by atomic mass is 10.3. The van der Waals surface area contributed by atoms with Crippen molar-refractivity contribution in [2.75, 3.05) is 26.3 Å². The summed E-state index contributed by atoms with van der Waals surface area (Å²) in [7, 11) is 0. The molecule has 0 saturated carbocycles. The first kappa shape index (κ1) is 12.5. The summed E-state index contributed by atoms with van der Waals surface area (Å²) < 4.78 is 5.24. The van der Waals surface area contributed by atoms with Gasteiger partial charge < -0.3 is 15.4 Å². The molecule has 1 aromatic rings. The molecule has 17 heavy (non-hydrogen) atoms. The summed E-state index contributed by atoms with van der Waals surface area (Å²) >= 11 is 11.7. The third-order valence-corrected chi connectivity index (χ3v) is 3.22. The van der Waals surface area contributed by atoms with Crippen LogP contribution in [0, 0.1) is 0 Å². The van der Waals surface area contributed by atoms with Crippen molar-refractivity contribution in [1.29, 1.82) is 0 Å². The van der Waals surface area contributed by atoms with Crippen molar-refractivity contribution in [3.63, 3.8) is 0 Å². The molecule has 92 valence electrons. The monoisotopic (exact) mass is 273 g/mol. The lowest BCUT2D eigenvalue weighted by molar-refractivity contribution is 0.0675. The van der Waals surface area contributed by atoms with E-state index in [0.717, 1.165) is 13.1 Å². The fraction of sp³-hybridized carbons (Fsp3) is 0.364. The van der Waals surface area contributed by atoms with E-state index in [1.165, 1.54) is 0 Å². The fourth-order valence-corrected chi connectivity index (χ4v) is 1.84. The average molecular weight is 274 g/mol. The summed E-state index contributed by atoms with van der Waals surface area (Å²) in [6, 6.07) is 5.17. The first-order valence-electron chi connectivity index (χ1n) is 5.29. The van der Waals surface area contributed by atoms with Crippen molar-refractivity contribution in [1.82, 2.24) is 4.90 Å². The van der Waals surface area contributed by atoms with Crippen LogP contribution in [0.1, 0.15) is 0 Å². The summed E-state index contributed by atoms with van der Waals surface area (Å²) in [5.74, 6) is 0.478. The number of morpholine rings is 1. The van der Waals surface area contributed by atoms with Gasteiger partial charge in [-0.15, -0.1) is 0 Å². The third kappa shape index (κ3) is 3.25. The van der Waals surface area contributed by atoms with Crippen molar-refractivity contribution in [2.45, 2.75) is 0 Å². The van der Waals surface area contributed by atoms with E-state index in [1.54, 1.807) is 18.2 Å². The van der Waals surface area contributed by atoms with Crippen LogP contribution in [0.3, 0.4) is 0 Å². The molecule has 0 spiro atoms. The Hall–Kier alpha value is -0.970. The number of benzene rings is 1. The second-order valence-electron chi connectivity index (χ2n) is 3.67. The zero-order chi connectivity index (χ0) is 12.3. The first-order chi connectivity index (χ1) is 8.16. The van der Waals surface area contributed by atoms with Crippen LogP contribution in [0.15, 0.2) is 23.2 Å². The number of halogens is 2. The van der Waals surface area contributed by atoms with Crippen LogP contribution in [0.5, 0.6) is 0 Å². The van der Waals surface area contributed by atoms with E-state index in [-0.39, 0.29) is 0 Å². The van der Waals surface area contributed by atoms with Crippen LogP contribution in [-0.4, -0.2) is 37.2 Å². The lowest BCUT2D eigenvalue weighted by Gasteiger charge is -2.27. The minimum absolute atomic E-state index is 0.475. The highest BCUT2D eigenvalue weighted by atomic mass is 35.5. The zero-order valence-electron chi connectivity index (χ0n) is 9.20. The molecule has 1 aliphatic heterocycles. The van der Waals surface area contributed by atoms with Crippen LogP contribution in [-0.2, 0) is 4.74 Å². The van der Waals surface area contributed by atoms with Crippen molar-refractivity contribution in [2.24, 2.45) is 10.7 Å². The Labute approximate surface area is 110 Å². The van der Waals surface area contributed by atoms with Gasteiger partial charge in [-0.1, -0.05) is 23.2 Å². The maximum absolute atomic E-state index is 5.91. The minimum atomic E-state index is 0.475. The SMILES string of the molecule is NC(=Nc1ccc(Cl)c(Cl)c1)N1CCOCC1. The maximum Gasteiger partial charge on any atom is 0.196 e. The summed E-state index contributed by atoms with van der Waals surface area (Å²) in [6.07, 6.45) is 0. The molecule has 0 atom stereocenters. The largest absolute Gasteiger partial charge is 0.378 e. The number of aliphatic imine (C=N–C) groups is 1. The highest BCUT2D eigenvalue weighted by molar-refractivity contribution is 6.42. The molecule has 0 radical (unpaired) electrons. The highest BCUT2D eigenvalue weighted by Gasteiger charge is 2.12.